The summed E-state index contributed by atoms with van der Waals surface area (Å²) in [5, 5.41) is 25.4. The summed E-state index contributed by atoms with van der Waals surface area (Å²) in [4.78, 5) is 0. The minimum Gasteiger partial charge on any atom is -0.453 e. The van der Waals surface area contributed by atoms with Gasteiger partial charge in [-0.05, 0) is 52.3 Å². The Hall–Kier alpha value is -2.92. The lowest BCUT2D eigenvalue weighted by molar-refractivity contribution is 0.438. The van der Waals surface area contributed by atoms with E-state index in [1.807, 2.05) is 6.07 Å². The van der Waals surface area contributed by atoms with Crippen LogP contribution in [-0.4, -0.2) is 11.8 Å². The van der Waals surface area contributed by atoms with Gasteiger partial charge in [-0.1, -0.05) is 41.4 Å². The van der Waals surface area contributed by atoms with Gasteiger partial charge in [-0.3, -0.25) is 10.8 Å². The molecule has 0 aliphatic carbocycles. The summed E-state index contributed by atoms with van der Waals surface area (Å²) in [7, 11) is 0. The monoisotopic (exact) mass is 519 g/mol. The van der Waals surface area contributed by atoms with Crippen molar-refractivity contribution >= 4 is 50.9 Å². The first kappa shape index (κ1) is 22.8. The van der Waals surface area contributed by atoms with Crippen molar-refractivity contribution in [2.45, 2.75) is 6.42 Å². The first-order valence-electron chi connectivity index (χ1n) is 8.72. The van der Waals surface area contributed by atoms with E-state index in [-0.39, 0.29) is 50.9 Å². The van der Waals surface area contributed by atoms with Crippen molar-refractivity contribution in [2.24, 2.45) is 0 Å². The SMILES string of the molecule is N#Cc1cc(Cl)cc(Oc2c(Cl)ccc(CC(=N)OC(=N)c3ccccc3Br)c2F)c1. The number of rotatable bonds is 5. The smallest absolute Gasteiger partial charge is 0.222 e. The topological polar surface area (TPSA) is 89.9 Å². The lowest BCUT2D eigenvalue weighted by Gasteiger charge is -2.13. The minimum absolute atomic E-state index is 0.00754. The summed E-state index contributed by atoms with van der Waals surface area (Å²) >= 11 is 15.4. The molecule has 3 aromatic carbocycles. The van der Waals surface area contributed by atoms with Crippen molar-refractivity contribution in [3.63, 3.8) is 0 Å². The van der Waals surface area contributed by atoms with Crippen LogP contribution < -0.4 is 4.74 Å². The summed E-state index contributed by atoms with van der Waals surface area (Å²) in [5.74, 6) is -1.48. The normalized spacial score (nSPS) is 10.3. The molecule has 3 rings (SSSR count). The van der Waals surface area contributed by atoms with Gasteiger partial charge in [-0.15, -0.1) is 0 Å². The molecule has 0 unspecified atom stereocenters. The molecule has 0 amide bonds. The highest BCUT2D eigenvalue weighted by Crippen LogP contribution is 2.35. The van der Waals surface area contributed by atoms with Gasteiger partial charge >= 0.3 is 0 Å². The minimum atomic E-state index is -0.785. The Bertz CT molecular complexity index is 1230. The van der Waals surface area contributed by atoms with E-state index in [0.29, 0.717) is 10.0 Å². The van der Waals surface area contributed by atoms with Crippen LogP contribution in [0.15, 0.2) is 59.1 Å². The molecule has 0 heterocycles. The third-order valence-corrected chi connectivity index (χ3v) is 5.25. The molecule has 0 saturated heterocycles. The van der Waals surface area contributed by atoms with Crippen molar-refractivity contribution in [1.29, 1.82) is 16.1 Å². The molecule has 31 heavy (non-hydrogen) atoms. The molecule has 0 spiro atoms. The molecule has 0 bridgehead atoms. The van der Waals surface area contributed by atoms with Crippen LogP contribution in [-0.2, 0) is 11.2 Å². The fourth-order valence-electron chi connectivity index (χ4n) is 2.64. The largest absolute Gasteiger partial charge is 0.453 e. The number of benzene rings is 3. The van der Waals surface area contributed by atoms with E-state index in [0.717, 1.165) is 0 Å². The molecule has 9 heteroatoms. The average molecular weight is 521 g/mol. The lowest BCUT2D eigenvalue weighted by atomic mass is 10.1. The Kier molecular flexibility index (Phi) is 7.29. The first-order valence-corrected chi connectivity index (χ1v) is 10.3. The lowest BCUT2D eigenvalue weighted by Crippen LogP contribution is -2.15. The molecule has 0 aliphatic rings. The van der Waals surface area contributed by atoms with Gasteiger partial charge in [0.05, 0.1) is 28.6 Å². The zero-order chi connectivity index (χ0) is 22.5. The van der Waals surface area contributed by atoms with Crippen LogP contribution in [0.1, 0.15) is 16.7 Å². The average Bonchev–Trinajstić information content (AvgIpc) is 2.73. The van der Waals surface area contributed by atoms with Gasteiger partial charge in [0.25, 0.3) is 0 Å². The highest BCUT2D eigenvalue weighted by molar-refractivity contribution is 9.10. The number of halogens is 4. The quantitative estimate of drug-likeness (QED) is 0.277. The molecule has 5 nitrogen and oxygen atoms in total. The maximum Gasteiger partial charge on any atom is 0.222 e. The van der Waals surface area contributed by atoms with E-state index < -0.39 is 5.82 Å². The fraction of sp³-hybridized carbons (Fsp3) is 0.0455. The maximum absolute atomic E-state index is 15.1. The van der Waals surface area contributed by atoms with E-state index >= 15 is 4.39 Å². The van der Waals surface area contributed by atoms with Crippen LogP contribution in [0.5, 0.6) is 11.5 Å². The molecule has 0 aliphatic heterocycles. The Labute approximate surface area is 196 Å². The number of nitriles is 1. The zero-order valence-electron chi connectivity index (χ0n) is 15.7. The molecule has 3 aromatic rings. The predicted molar refractivity (Wildman–Crippen MR) is 121 cm³/mol. The molecule has 0 radical (unpaired) electrons. The molecule has 0 fully saturated rings. The molecule has 156 valence electrons. The number of ether oxygens (including phenoxy) is 2. The van der Waals surface area contributed by atoms with Gasteiger partial charge in [-0.25, -0.2) is 4.39 Å². The first-order chi connectivity index (χ1) is 14.8. The van der Waals surface area contributed by atoms with Gasteiger partial charge < -0.3 is 9.47 Å². The van der Waals surface area contributed by atoms with Crippen LogP contribution in [0, 0.1) is 28.0 Å². The van der Waals surface area contributed by atoms with E-state index in [2.05, 4.69) is 15.9 Å². The van der Waals surface area contributed by atoms with Crippen LogP contribution in [0.3, 0.4) is 0 Å². The Morgan fingerprint density at radius 3 is 2.55 bits per heavy atom. The van der Waals surface area contributed by atoms with Crippen LogP contribution in [0.2, 0.25) is 10.0 Å². The van der Waals surface area contributed by atoms with Crippen molar-refractivity contribution in [1.82, 2.24) is 0 Å². The second kappa shape index (κ2) is 9.92. The number of nitrogens with one attached hydrogen (secondary N) is 2. The molecule has 0 aromatic heterocycles. The maximum atomic E-state index is 15.1. The summed E-state index contributed by atoms with van der Waals surface area (Å²) in [6, 6.07) is 16.0. The zero-order valence-corrected chi connectivity index (χ0v) is 18.8. The molecule has 0 atom stereocenters. The Balaban J connectivity index is 1.80. The molecular weight excluding hydrogens is 508 g/mol. The second-order valence-corrected chi connectivity index (χ2v) is 7.95. The van der Waals surface area contributed by atoms with Gasteiger partial charge in [0, 0.05) is 15.1 Å². The Morgan fingerprint density at radius 1 is 1.10 bits per heavy atom. The van der Waals surface area contributed by atoms with Crippen molar-refractivity contribution in [3.8, 4) is 17.6 Å². The number of nitrogens with zero attached hydrogens (tertiary/aromatic N) is 1. The molecular formula is C22H13BrCl2FN3O2. The predicted octanol–water partition coefficient (Wildman–Crippen LogP) is 7.12. The van der Waals surface area contributed by atoms with Gasteiger partial charge in [0.1, 0.15) is 5.75 Å². The number of hydrogen-bond acceptors (Lipinski definition) is 5. The van der Waals surface area contributed by atoms with Crippen LogP contribution in [0.4, 0.5) is 4.39 Å². The third-order valence-electron chi connectivity index (χ3n) is 4.04. The van der Waals surface area contributed by atoms with E-state index in [9.17, 15) is 0 Å². The van der Waals surface area contributed by atoms with Crippen molar-refractivity contribution in [2.75, 3.05) is 0 Å². The summed E-state index contributed by atoms with van der Waals surface area (Å²) < 4.78 is 26.5. The second-order valence-electron chi connectivity index (χ2n) is 6.25. The van der Waals surface area contributed by atoms with E-state index in [4.69, 9.17) is 48.8 Å². The summed E-state index contributed by atoms with van der Waals surface area (Å²) in [6.45, 7) is 0. The van der Waals surface area contributed by atoms with Crippen LogP contribution in [0.25, 0.3) is 0 Å². The van der Waals surface area contributed by atoms with E-state index in [1.165, 1.54) is 30.3 Å². The Morgan fingerprint density at radius 2 is 1.84 bits per heavy atom. The third kappa shape index (κ3) is 5.61. The van der Waals surface area contributed by atoms with Gasteiger partial charge in [0.15, 0.2) is 17.5 Å². The van der Waals surface area contributed by atoms with Gasteiger partial charge in [-0.2, -0.15) is 5.26 Å². The molecule has 2 N–H and O–H groups in total. The van der Waals surface area contributed by atoms with Gasteiger partial charge in [0.2, 0.25) is 5.90 Å². The van der Waals surface area contributed by atoms with Crippen molar-refractivity contribution in [3.05, 3.63) is 91.6 Å². The summed E-state index contributed by atoms with van der Waals surface area (Å²) in [5.41, 5.74) is 0.796. The fourth-order valence-corrected chi connectivity index (χ4v) is 3.51. The standard InChI is InChI=1S/C22H13BrCl2FN3O2/c23-17-4-2-1-3-16(17)22(29)31-19(28)9-13-5-6-18(25)21(20(13)26)30-15-8-12(11-27)7-14(24)10-15/h1-8,10,28-29H,9H2. The highest BCUT2D eigenvalue weighted by atomic mass is 79.9. The van der Waals surface area contributed by atoms with Crippen molar-refractivity contribution < 1.29 is 13.9 Å². The number of hydrogen-bond donors (Lipinski definition) is 2. The van der Waals surface area contributed by atoms with Crippen LogP contribution >= 0.6 is 39.1 Å². The van der Waals surface area contributed by atoms with E-state index in [1.54, 1.807) is 24.3 Å². The molecule has 0 saturated carbocycles. The summed E-state index contributed by atoms with van der Waals surface area (Å²) in [6.07, 6.45) is -0.231. The highest BCUT2D eigenvalue weighted by Gasteiger charge is 2.18.